The number of carbonyl (C=O) groups is 2. The van der Waals surface area contributed by atoms with Gasteiger partial charge in [-0.2, -0.15) is 0 Å². The average Bonchev–Trinajstić information content (AvgIpc) is 2.71. The minimum Gasteiger partial charge on any atom is -0.493 e. The van der Waals surface area contributed by atoms with E-state index in [1.54, 1.807) is 12.1 Å². The lowest BCUT2D eigenvalue weighted by atomic mass is 10.2. The Morgan fingerprint density at radius 1 is 0.964 bits per heavy atom. The minimum absolute atomic E-state index is 0.140. The summed E-state index contributed by atoms with van der Waals surface area (Å²) in [5.41, 5.74) is 1.32. The lowest BCUT2D eigenvalue weighted by molar-refractivity contribution is -0.144. The lowest BCUT2D eigenvalue weighted by Gasteiger charge is -2.26. The van der Waals surface area contributed by atoms with Crippen LogP contribution >= 0.6 is 0 Å². The molecule has 0 aliphatic heterocycles. The second kappa shape index (κ2) is 9.64. The van der Waals surface area contributed by atoms with Gasteiger partial charge < -0.3 is 24.4 Å². The van der Waals surface area contributed by atoms with E-state index in [1.165, 1.54) is 26.2 Å². The highest BCUT2D eigenvalue weighted by Crippen LogP contribution is 2.39. The molecular weight excluding hydrogens is 360 g/mol. The number of hydrogen-bond donors (Lipinski definition) is 1. The fourth-order valence-electron chi connectivity index (χ4n) is 2.74. The molecule has 0 aliphatic rings. The molecule has 0 aromatic heterocycles. The predicted octanol–water partition coefficient (Wildman–Crippen LogP) is 3.09. The molecule has 7 heteroatoms. The molecule has 0 fully saturated rings. The second-order valence-electron chi connectivity index (χ2n) is 6.38. The number of anilines is 1. The van der Waals surface area contributed by atoms with Crippen molar-refractivity contribution in [2.45, 2.75) is 26.4 Å². The maximum Gasteiger partial charge on any atom is 0.313 e. The van der Waals surface area contributed by atoms with Crippen LogP contribution in [0.5, 0.6) is 17.2 Å². The van der Waals surface area contributed by atoms with Crippen LogP contribution in [0.2, 0.25) is 0 Å². The molecule has 0 bridgehead atoms. The van der Waals surface area contributed by atoms with Gasteiger partial charge in [0.05, 0.1) is 21.3 Å². The summed E-state index contributed by atoms with van der Waals surface area (Å²) in [5.74, 6) is -0.182. The second-order valence-corrected chi connectivity index (χ2v) is 6.38. The van der Waals surface area contributed by atoms with Gasteiger partial charge in [-0.05, 0) is 19.4 Å². The molecule has 0 atom stereocenters. The Balaban J connectivity index is 2.21. The molecule has 2 aromatic rings. The summed E-state index contributed by atoms with van der Waals surface area (Å²) in [5, 5.41) is 2.62. The monoisotopic (exact) mass is 386 g/mol. The van der Waals surface area contributed by atoms with Gasteiger partial charge in [-0.15, -0.1) is 0 Å². The first-order valence-corrected chi connectivity index (χ1v) is 8.87. The molecule has 1 N–H and O–H groups in total. The summed E-state index contributed by atoms with van der Waals surface area (Å²) < 4.78 is 15.8. The van der Waals surface area contributed by atoms with E-state index in [1.807, 2.05) is 44.2 Å². The molecule has 0 saturated heterocycles. The van der Waals surface area contributed by atoms with E-state index < -0.39 is 11.8 Å². The largest absolute Gasteiger partial charge is 0.493 e. The van der Waals surface area contributed by atoms with Crippen molar-refractivity contribution < 1.29 is 23.8 Å². The van der Waals surface area contributed by atoms with Crippen LogP contribution in [0, 0.1) is 0 Å². The molecule has 0 spiro atoms. The molecule has 0 unspecified atom stereocenters. The number of hydrogen-bond acceptors (Lipinski definition) is 5. The summed E-state index contributed by atoms with van der Waals surface area (Å²) in [4.78, 5) is 26.9. The van der Waals surface area contributed by atoms with Gasteiger partial charge in [-0.3, -0.25) is 9.59 Å². The van der Waals surface area contributed by atoms with Gasteiger partial charge in [0.2, 0.25) is 5.75 Å². The highest BCUT2D eigenvalue weighted by atomic mass is 16.5. The van der Waals surface area contributed by atoms with Gasteiger partial charge in [0.1, 0.15) is 0 Å². The van der Waals surface area contributed by atoms with Crippen LogP contribution in [0.15, 0.2) is 42.5 Å². The molecule has 0 heterocycles. The lowest BCUT2D eigenvalue weighted by Crippen LogP contribution is -2.43. The van der Waals surface area contributed by atoms with Gasteiger partial charge >= 0.3 is 11.8 Å². The van der Waals surface area contributed by atoms with Crippen LogP contribution in [0.1, 0.15) is 19.4 Å². The maximum atomic E-state index is 12.8. The number of methoxy groups -OCH3 is 3. The molecule has 0 aliphatic carbocycles. The maximum absolute atomic E-state index is 12.8. The topological polar surface area (TPSA) is 77.1 Å². The van der Waals surface area contributed by atoms with Crippen LogP contribution in [0.3, 0.4) is 0 Å². The third kappa shape index (κ3) is 4.94. The van der Waals surface area contributed by atoms with Gasteiger partial charge in [-0.1, -0.05) is 30.3 Å². The molecule has 2 rings (SSSR count). The Morgan fingerprint density at radius 3 is 2.00 bits per heavy atom. The molecule has 28 heavy (non-hydrogen) atoms. The van der Waals surface area contributed by atoms with Crippen LogP contribution in [0.25, 0.3) is 0 Å². The van der Waals surface area contributed by atoms with Crippen molar-refractivity contribution in [2.24, 2.45) is 0 Å². The highest BCUT2D eigenvalue weighted by molar-refractivity contribution is 6.39. The number of carbonyl (C=O) groups excluding carboxylic acids is 2. The number of amides is 2. The zero-order chi connectivity index (χ0) is 20.7. The number of rotatable bonds is 7. The van der Waals surface area contributed by atoms with Crippen LogP contribution < -0.4 is 19.5 Å². The number of nitrogens with one attached hydrogen (secondary N) is 1. The van der Waals surface area contributed by atoms with Gasteiger partial charge in [0.15, 0.2) is 11.5 Å². The van der Waals surface area contributed by atoms with E-state index in [0.717, 1.165) is 5.56 Å². The Hall–Kier alpha value is -3.22. The van der Waals surface area contributed by atoms with Crippen molar-refractivity contribution in [3.8, 4) is 17.2 Å². The van der Waals surface area contributed by atoms with E-state index in [-0.39, 0.29) is 6.04 Å². The summed E-state index contributed by atoms with van der Waals surface area (Å²) in [6.07, 6.45) is 0. The Kier molecular flexibility index (Phi) is 7.26. The summed E-state index contributed by atoms with van der Waals surface area (Å²) in [7, 11) is 4.45. The van der Waals surface area contributed by atoms with Crippen molar-refractivity contribution in [1.82, 2.24) is 4.90 Å². The average molecular weight is 386 g/mol. The van der Waals surface area contributed by atoms with Crippen molar-refractivity contribution in [2.75, 3.05) is 26.6 Å². The van der Waals surface area contributed by atoms with Gasteiger partial charge in [0.25, 0.3) is 0 Å². The predicted molar refractivity (Wildman–Crippen MR) is 107 cm³/mol. The molecule has 2 amide bonds. The summed E-state index contributed by atoms with van der Waals surface area (Å²) in [6, 6.07) is 12.5. The van der Waals surface area contributed by atoms with Crippen LogP contribution in [-0.4, -0.2) is 44.1 Å². The van der Waals surface area contributed by atoms with Crippen molar-refractivity contribution in [3.05, 3.63) is 48.0 Å². The van der Waals surface area contributed by atoms with E-state index in [0.29, 0.717) is 29.5 Å². The number of ether oxygens (including phenoxy) is 3. The number of benzene rings is 2. The first-order valence-electron chi connectivity index (χ1n) is 8.87. The summed E-state index contributed by atoms with van der Waals surface area (Å²) >= 11 is 0. The molecule has 0 radical (unpaired) electrons. The quantitative estimate of drug-likeness (QED) is 0.740. The fraction of sp³-hybridized carbons (Fsp3) is 0.333. The zero-order valence-corrected chi connectivity index (χ0v) is 16.8. The van der Waals surface area contributed by atoms with Crippen LogP contribution in [-0.2, 0) is 16.1 Å². The van der Waals surface area contributed by atoms with E-state index >= 15 is 0 Å². The standard InChI is InChI=1S/C21H26N2O5/c1-14(2)23(13-15-9-7-6-8-10-15)21(25)20(24)22-16-11-17(26-3)19(28-5)18(12-16)27-4/h6-12,14H,13H2,1-5H3,(H,22,24). The Bertz CT molecular complexity index is 796. The van der Waals surface area contributed by atoms with E-state index in [9.17, 15) is 9.59 Å². The molecule has 7 nitrogen and oxygen atoms in total. The fourth-order valence-corrected chi connectivity index (χ4v) is 2.74. The SMILES string of the molecule is COc1cc(NC(=O)C(=O)N(Cc2ccccc2)C(C)C)cc(OC)c1OC. The van der Waals surface area contributed by atoms with E-state index in [4.69, 9.17) is 14.2 Å². The van der Waals surface area contributed by atoms with Crippen LogP contribution in [0.4, 0.5) is 5.69 Å². The minimum atomic E-state index is -0.737. The number of nitrogens with zero attached hydrogens (tertiary/aromatic N) is 1. The molecule has 0 saturated carbocycles. The van der Waals surface area contributed by atoms with Gasteiger partial charge in [0, 0.05) is 30.4 Å². The molecular formula is C21H26N2O5. The van der Waals surface area contributed by atoms with Gasteiger partial charge in [-0.25, -0.2) is 0 Å². The van der Waals surface area contributed by atoms with E-state index in [2.05, 4.69) is 5.32 Å². The van der Waals surface area contributed by atoms with Crippen molar-refractivity contribution >= 4 is 17.5 Å². The third-order valence-electron chi connectivity index (χ3n) is 4.20. The third-order valence-corrected chi connectivity index (χ3v) is 4.20. The first-order chi connectivity index (χ1) is 13.4. The summed E-state index contributed by atoms with van der Waals surface area (Å²) in [6.45, 7) is 4.08. The normalized spacial score (nSPS) is 10.4. The first kappa shape index (κ1) is 21.1. The molecule has 2 aromatic carbocycles. The smallest absolute Gasteiger partial charge is 0.313 e. The Labute approximate surface area is 165 Å². The van der Waals surface area contributed by atoms with Crippen molar-refractivity contribution in [3.63, 3.8) is 0 Å². The highest BCUT2D eigenvalue weighted by Gasteiger charge is 2.25. The van der Waals surface area contributed by atoms with Crippen molar-refractivity contribution in [1.29, 1.82) is 0 Å². The zero-order valence-electron chi connectivity index (χ0n) is 16.8. The Morgan fingerprint density at radius 2 is 1.54 bits per heavy atom. The molecule has 150 valence electrons.